The van der Waals surface area contributed by atoms with Crippen molar-refractivity contribution in [1.29, 1.82) is 0 Å². The second kappa shape index (κ2) is 11.1. The van der Waals surface area contributed by atoms with Crippen LogP contribution < -0.4 is 0 Å². The fraction of sp³-hybridized carbons (Fsp3) is 0.568. The zero-order valence-corrected chi connectivity index (χ0v) is 27.6. The van der Waals surface area contributed by atoms with Gasteiger partial charge in [-0.15, -0.1) is 0 Å². The summed E-state index contributed by atoms with van der Waals surface area (Å²) in [6.07, 6.45) is 0.699. The van der Waals surface area contributed by atoms with Crippen LogP contribution in [0.3, 0.4) is 0 Å². The number of furan rings is 1. The SMILES string of the molecule is CC(=O)O[C@H]1C[C@@H](OC(C)=O)[C@@]2(C)CO[C@H]3[C@@H](OC(=O)c4ccccc4)[C@@]4(C)C5=C(C)C(c6ccoc6)C[C@@H]5OC(=O)C[C@@H]4[C@]1(C)[C@@H]32. The van der Waals surface area contributed by atoms with Crippen molar-refractivity contribution in [3.05, 3.63) is 71.2 Å². The largest absolute Gasteiger partial charge is 0.472 e. The highest BCUT2D eigenvalue weighted by Gasteiger charge is 2.78. The summed E-state index contributed by atoms with van der Waals surface area (Å²) in [6.45, 7) is 11.2. The van der Waals surface area contributed by atoms with Crippen LogP contribution in [0.4, 0.5) is 0 Å². The Labute approximate surface area is 274 Å². The summed E-state index contributed by atoms with van der Waals surface area (Å²) in [4.78, 5) is 53.0. The molecule has 2 aromatic rings. The molecule has 11 atom stereocenters. The molecule has 0 bridgehead atoms. The second-order valence-corrected chi connectivity index (χ2v) is 14.7. The molecule has 5 aliphatic rings. The van der Waals surface area contributed by atoms with Crippen LogP contribution in [-0.2, 0) is 38.1 Å². The summed E-state index contributed by atoms with van der Waals surface area (Å²) in [5.41, 5.74) is 0.739. The molecule has 0 N–H and O–H groups in total. The normalized spacial score (nSPS) is 40.3. The zero-order valence-electron chi connectivity index (χ0n) is 27.6. The molecule has 2 saturated carbocycles. The number of carbonyl (C=O) groups excluding carboxylic acids is 4. The molecule has 2 aliphatic heterocycles. The van der Waals surface area contributed by atoms with E-state index in [1.54, 1.807) is 36.8 Å². The van der Waals surface area contributed by atoms with Gasteiger partial charge in [-0.3, -0.25) is 14.4 Å². The van der Waals surface area contributed by atoms with Crippen molar-refractivity contribution >= 4 is 23.9 Å². The topological polar surface area (TPSA) is 128 Å². The Balaban J connectivity index is 1.46. The number of rotatable bonds is 5. The van der Waals surface area contributed by atoms with Crippen molar-refractivity contribution in [2.75, 3.05) is 6.61 Å². The van der Waals surface area contributed by atoms with E-state index in [0.29, 0.717) is 12.0 Å². The van der Waals surface area contributed by atoms with Gasteiger partial charge < -0.3 is 28.1 Å². The van der Waals surface area contributed by atoms with Crippen molar-refractivity contribution in [3.63, 3.8) is 0 Å². The van der Waals surface area contributed by atoms with Crippen LogP contribution in [0.25, 0.3) is 0 Å². The van der Waals surface area contributed by atoms with Gasteiger partial charge in [0.15, 0.2) is 0 Å². The van der Waals surface area contributed by atoms with Gasteiger partial charge in [0.1, 0.15) is 24.4 Å². The summed E-state index contributed by atoms with van der Waals surface area (Å²) in [6, 6.07) is 10.7. The Morgan fingerprint density at radius 2 is 1.62 bits per heavy atom. The van der Waals surface area contributed by atoms with E-state index >= 15 is 0 Å². The fourth-order valence-corrected chi connectivity index (χ4v) is 10.5. The van der Waals surface area contributed by atoms with E-state index in [9.17, 15) is 19.2 Å². The first-order chi connectivity index (χ1) is 22.3. The number of fused-ring (bicyclic) bond motifs is 4. The molecule has 2 saturated heterocycles. The maximum atomic E-state index is 14.0. The minimum Gasteiger partial charge on any atom is -0.472 e. The van der Waals surface area contributed by atoms with E-state index in [1.807, 2.05) is 19.1 Å². The van der Waals surface area contributed by atoms with Gasteiger partial charge in [-0.25, -0.2) is 4.79 Å². The number of carbonyl (C=O) groups is 4. The van der Waals surface area contributed by atoms with Crippen LogP contribution in [0, 0.1) is 28.1 Å². The minimum absolute atomic E-state index is 0.0192. The first-order valence-corrected chi connectivity index (χ1v) is 16.4. The maximum absolute atomic E-state index is 14.0. The van der Waals surface area contributed by atoms with Gasteiger partial charge >= 0.3 is 23.9 Å². The van der Waals surface area contributed by atoms with E-state index in [4.69, 9.17) is 28.1 Å². The average Bonchev–Trinajstić information content (AvgIpc) is 3.73. The predicted molar refractivity (Wildman–Crippen MR) is 166 cm³/mol. The monoisotopic (exact) mass is 646 g/mol. The second-order valence-electron chi connectivity index (χ2n) is 14.7. The molecule has 250 valence electrons. The molecular formula is C37H42O10. The lowest BCUT2D eigenvalue weighted by Crippen LogP contribution is -2.72. The summed E-state index contributed by atoms with van der Waals surface area (Å²) in [5, 5.41) is 0. The van der Waals surface area contributed by atoms with Gasteiger partial charge in [0.2, 0.25) is 0 Å². The predicted octanol–water partition coefficient (Wildman–Crippen LogP) is 5.56. The van der Waals surface area contributed by atoms with E-state index < -0.39 is 76.5 Å². The molecule has 10 heteroatoms. The van der Waals surface area contributed by atoms with E-state index in [1.165, 1.54) is 13.8 Å². The third-order valence-electron chi connectivity index (χ3n) is 12.3. The third-order valence-corrected chi connectivity index (χ3v) is 12.3. The van der Waals surface area contributed by atoms with Crippen molar-refractivity contribution in [1.82, 2.24) is 0 Å². The van der Waals surface area contributed by atoms with Crippen molar-refractivity contribution in [2.24, 2.45) is 28.1 Å². The standard InChI is InChI=1S/C37H42O10/c1-19-24(23-12-13-42-17-23)14-25-30(19)37(6)26(15-29(40)46-25)36(5)28(45-21(3)39)16-27(44-20(2)38)35(4)18-43-31(32(35)36)33(37)47-34(41)22-10-8-7-9-11-22/h7-13,17,24-28,31-33H,14-16,18H2,1-6H3/t24?,25-,26+,27+,28-,31+,32-,33+,35+,36-,37+/m0/s1. The minimum atomic E-state index is -0.975. The summed E-state index contributed by atoms with van der Waals surface area (Å²) in [5.74, 6) is -2.78. The average molecular weight is 647 g/mol. The first kappa shape index (κ1) is 31.7. The highest BCUT2D eigenvalue weighted by molar-refractivity contribution is 5.89. The molecule has 1 aromatic heterocycles. The van der Waals surface area contributed by atoms with Crippen LogP contribution in [0.1, 0.15) is 82.6 Å². The third kappa shape index (κ3) is 4.61. The molecule has 47 heavy (non-hydrogen) atoms. The maximum Gasteiger partial charge on any atom is 0.338 e. The summed E-state index contributed by atoms with van der Waals surface area (Å²) in [7, 11) is 0. The van der Waals surface area contributed by atoms with Crippen LogP contribution in [-0.4, -0.2) is 61.0 Å². The van der Waals surface area contributed by atoms with Crippen molar-refractivity contribution in [3.8, 4) is 0 Å². The number of hydrogen-bond acceptors (Lipinski definition) is 10. The van der Waals surface area contributed by atoms with Crippen LogP contribution >= 0.6 is 0 Å². The Hall–Kier alpha value is -3.92. The molecule has 10 nitrogen and oxygen atoms in total. The van der Waals surface area contributed by atoms with Gasteiger partial charge in [0.25, 0.3) is 0 Å². The molecule has 3 heterocycles. The first-order valence-electron chi connectivity index (χ1n) is 16.4. The Kier molecular flexibility index (Phi) is 7.46. The van der Waals surface area contributed by atoms with Gasteiger partial charge in [-0.05, 0) is 48.6 Å². The number of hydrogen-bond donors (Lipinski definition) is 0. The number of ether oxygens (including phenoxy) is 5. The molecule has 0 amide bonds. The highest BCUT2D eigenvalue weighted by Crippen LogP contribution is 2.72. The lowest BCUT2D eigenvalue weighted by molar-refractivity contribution is -0.253. The molecular weight excluding hydrogens is 604 g/mol. The lowest BCUT2D eigenvalue weighted by Gasteiger charge is -2.66. The zero-order chi connectivity index (χ0) is 33.5. The number of esters is 4. The fourth-order valence-electron chi connectivity index (χ4n) is 10.5. The Bertz CT molecular complexity index is 1630. The molecule has 0 spiro atoms. The summed E-state index contributed by atoms with van der Waals surface area (Å²) >= 11 is 0. The molecule has 7 rings (SSSR count). The smallest absolute Gasteiger partial charge is 0.338 e. The summed E-state index contributed by atoms with van der Waals surface area (Å²) < 4.78 is 37.2. The molecule has 1 unspecified atom stereocenters. The number of benzene rings is 1. The van der Waals surface area contributed by atoms with Crippen LogP contribution in [0.5, 0.6) is 0 Å². The molecule has 4 fully saturated rings. The van der Waals surface area contributed by atoms with Crippen LogP contribution in [0.15, 0.2) is 64.5 Å². The van der Waals surface area contributed by atoms with Crippen molar-refractivity contribution in [2.45, 2.75) is 97.2 Å². The van der Waals surface area contributed by atoms with E-state index in [2.05, 4.69) is 20.8 Å². The van der Waals surface area contributed by atoms with Gasteiger partial charge in [-0.1, -0.05) is 44.5 Å². The Morgan fingerprint density at radius 1 is 0.915 bits per heavy atom. The van der Waals surface area contributed by atoms with Gasteiger partial charge in [-0.2, -0.15) is 0 Å². The molecule has 3 aliphatic carbocycles. The Morgan fingerprint density at radius 3 is 2.28 bits per heavy atom. The van der Waals surface area contributed by atoms with E-state index in [0.717, 1.165) is 16.7 Å². The van der Waals surface area contributed by atoms with Crippen molar-refractivity contribution < 1.29 is 47.3 Å². The highest BCUT2D eigenvalue weighted by atomic mass is 16.6. The van der Waals surface area contributed by atoms with Gasteiger partial charge in [0.05, 0.1) is 30.8 Å². The van der Waals surface area contributed by atoms with E-state index in [-0.39, 0.29) is 31.3 Å². The quantitative estimate of drug-likeness (QED) is 0.232. The van der Waals surface area contributed by atoms with Crippen LogP contribution in [0.2, 0.25) is 0 Å². The van der Waals surface area contributed by atoms with Gasteiger partial charge in [0, 0.05) is 54.8 Å². The lowest BCUT2D eigenvalue weighted by atomic mass is 9.39. The number of allylic oxidation sites excluding steroid dienone is 1. The molecule has 0 radical (unpaired) electrons. The molecule has 1 aromatic carbocycles.